The van der Waals surface area contributed by atoms with Gasteiger partial charge < -0.3 is 10.4 Å². The van der Waals surface area contributed by atoms with Gasteiger partial charge in [-0.1, -0.05) is 179 Å². The minimum Gasteiger partial charge on any atom is -0.481 e. The number of aromatic nitrogens is 1. The summed E-state index contributed by atoms with van der Waals surface area (Å²) < 4.78 is 0. The number of carboxylic acids is 1. The Balaban J connectivity index is 1.28. The molecule has 4 nitrogen and oxygen atoms in total. The maximum atomic E-state index is 11.4. The molecule has 1 aromatic heterocycles. The van der Waals surface area contributed by atoms with Crippen molar-refractivity contribution in [3.63, 3.8) is 0 Å². The fourth-order valence-corrected chi connectivity index (χ4v) is 10.2. The fourth-order valence-electron chi connectivity index (χ4n) is 10.2. The average molecular weight is 707 g/mol. The van der Waals surface area contributed by atoms with Gasteiger partial charge in [-0.15, -0.1) is 0 Å². The van der Waals surface area contributed by atoms with Gasteiger partial charge in [0, 0.05) is 18.7 Å². The molecule has 2 aliphatic carbocycles. The van der Waals surface area contributed by atoms with Crippen LogP contribution in [0.4, 0.5) is 5.82 Å². The van der Waals surface area contributed by atoms with Gasteiger partial charge in [0.1, 0.15) is 5.82 Å². The standard InChI is InChI=1S/C47H82N2O2/c50-45(51)35-31-42-39-47(40-42)36-26-24-22-20-18-16-14-12-10-8-6-4-2-1-3-5-7-9-11-13-15-17-19-21-23-25-28-41(38-47)30-33-44-34-32-43-29-27-37-48-46(43)49-44/h32,34,41-42H,1-31,33,35-40H2,(H,48,49)(H,50,51). The van der Waals surface area contributed by atoms with Crippen molar-refractivity contribution >= 4 is 11.8 Å². The number of carbonyl (C=O) groups is 1. The average Bonchev–Trinajstić information content (AvgIpc) is 3.12. The number of fused-ring (bicyclic) bond motifs is 1. The molecule has 4 rings (SSSR count). The Morgan fingerprint density at radius 3 is 1.59 bits per heavy atom. The number of rotatable bonds is 6. The van der Waals surface area contributed by atoms with Gasteiger partial charge >= 0.3 is 5.97 Å². The molecular weight excluding hydrogens is 625 g/mol. The zero-order chi connectivity index (χ0) is 35.7. The van der Waals surface area contributed by atoms with Crippen molar-refractivity contribution in [2.45, 2.75) is 238 Å². The lowest BCUT2D eigenvalue weighted by Crippen LogP contribution is -2.39. The molecule has 2 saturated carbocycles. The first-order valence-corrected chi connectivity index (χ1v) is 23.1. The predicted molar refractivity (Wildman–Crippen MR) is 219 cm³/mol. The van der Waals surface area contributed by atoms with E-state index in [-0.39, 0.29) is 0 Å². The van der Waals surface area contributed by atoms with Crippen LogP contribution in [0.5, 0.6) is 0 Å². The normalized spacial score (nSPS) is 27.2. The Labute approximate surface area is 315 Å². The molecule has 1 atom stereocenters. The summed E-state index contributed by atoms with van der Waals surface area (Å²) in [6.45, 7) is 1.05. The molecule has 51 heavy (non-hydrogen) atoms. The molecule has 2 fully saturated rings. The van der Waals surface area contributed by atoms with Gasteiger partial charge in [0.25, 0.3) is 0 Å². The van der Waals surface area contributed by atoms with E-state index in [1.54, 1.807) is 0 Å². The van der Waals surface area contributed by atoms with Crippen LogP contribution >= 0.6 is 0 Å². The van der Waals surface area contributed by atoms with Crippen molar-refractivity contribution in [3.8, 4) is 0 Å². The second-order valence-electron chi connectivity index (χ2n) is 17.9. The van der Waals surface area contributed by atoms with E-state index < -0.39 is 5.97 Å². The molecule has 0 radical (unpaired) electrons. The fraction of sp³-hybridized carbons (Fsp3) is 0.872. The molecule has 0 aromatic carbocycles. The number of nitrogens with one attached hydrogen (secondary N) is 1. The smallest absolute Gasteiger partial charge is 0.303 e. The lowest BCUT2D eigenvalue weighted by molar-refractivity contribution is -0.138. The van der Waals surface area contributed by atoms with Crippen molar-refractivity contribution < 1.29 is 9.90 Å². The summed E-state index contributed by atoms with van der Waals surface area (Å²) in [5.41, 5.74) is 3.12. The first kappa shape index (κ1) is 42.2. The third kappa shape index (κ3) is 18.3. The number of pyridine rings is 1. The molecule has 3 aliphatic rings. The number of hydrogen-bond donors (Lipinski definition) is 2. The maximum Gasteiger partial charge on any atom is 0.303 e. The zero-order valence-electron chi connectivity index (χ0n) is 33.5. The highest BCUT2D eigenvalue weighted by molar-refractivity contribution is 5.66. The SMILES string of the molecule is O=C(O)CCC1CC2(CCCCCCCCCCCCCCCCCCCCCCCCCCCCC(CCc3ccc4c(n3)NCCC4)C2)C1. The van der Waals surface area contributed by atoms with Gasteiger partial charge in [0.2, 0.25) is 0 Å². The van der Waals surface area contributed by atoms with E-state index in [0.717, 1.165) is 37.5 Å². The van der Waals surface area contributed by atoms with E-state index in [9.17, 15) is 9.90 Å². The first-order valence-electron chi connectivity index (χ1n) is 23.1. The molecule has 2 heterocycles. The molecule has 0 saturated heterocycles. The van der Waals surface area contributed by atoms with E-state index in [0.29, 0.717) is 17.8 Å². The number of hydrogen-bond acceptors (Lipinski definition) is 3. The van der Waals surface area contributed by atoms with Gasteiger partial charge in [-0.25, -0.2) is 4.98 Å². The number of aliphatic carboxylic acids is 1. The van der Waals surface area contributed by atoms with Gasteiger partial charge in [-0.3, -0.25) is 4.79 Å². The molecule has 1 aliphatic heterocycles. The third-order valence-corrected chi connectivity index (χ3v) is 13.3. The van der Waals surface area contributed by atoms with Crippen LogP contribution in [0.3, 0.4) is 0 Å². The topological polar surface area (TPSA) is 62.2 Å². The number of aryl methyl sites for hydroxylation is 2. The van der Waals surface area contributed by atoms with E-state index in [2.05, 4.69) is 17.4 Å². The molecule has 0 bridgehead atoms. The number of nitrogens with zero attached hydrogens (tertiary/aromatic N) is 1. The van der Waals surface area contributed by atoms with Crippen molar-refractivity contribution in [2.24, 2.45) is 17.3 Å². The Kier molecular flexibility index (Phi) is 21.7. The second-order valence-corrected chi connectivity index (χ2v) is 17.9. The van der Waals surface area contributed by atoms with Crippen LogP contribution in [-0.4, -0.2) is 22.6 Å². The Hall–Kier alpha value is -1.58. The minimum atomic E-state index is -0.618. The predicted octanol–water partition coefficient (Wildman–Crippen LogP) is 14.6. The zero-order valence-corrected chi connectivity index (χ0v) is 33.5. The van der Waals surface area contributed by atoms with Crippen molar-refractivity contribution in [3.05, 3.63) is 23.4 Å². The minimum absolute atomic E-state index is 0.349. The summed E-state index contributed by atoms with van der Waals surface area (Å²) in [4.78, 5) is 16.5. The van der Waals surface area contributed by atoms with Crippen molar-refractivity contribution in [2.75, 3.05) is 11.9 Å². The third-order valence-electron chi connectivity index (χ3n) is 13.3. The lowest BCUT2D eigenvalue weighted by Gasteiger charge is -2.50. The molecule has 2 N–H and O–H groups in total. The monoisotopic (exact) mass is 707 g/mol. The van der Waals surface area contributed by atoms with Gasteiger partial charge in [0.05, 0.1) is 0 Å². The van der Waals surface area contributed by atoms with E-state index in [4.69, 9.17) is 4.98 Å². The summed E-state index contributed by atoms with van der Waals surface area (Å²) in [5, 5.41) is 12.9. The molecule has 1 unspecified atom stereocenters. The van der Waals surface area contributed by atoms with E-state index >= 15 is 0 Å². The highest BCUT2D eigenvalue weighted by atomic mass is 16.4. The molecule has 0 amide bonds. The quantitative estimate of drug-likeness (QED) is 0.309. The summed E-state index contributed by atoms with van der Waals surface area (Å²) >= 11 is 0. The van der Waals surface area contributed by atoms with Crippen LogP contribution in [0.2, 0.25) is 0 Å². The van der Waals surface area contributed by atoms with Crippen LogP contribution in [0.1, 0.15) is 236 Å². The van der Waals surface area contributed by atoms with Gasteiger partial charge in [0.15, 0.2) is 0 Å². The Morgan fingerprint density at radius 1 is 0.608 bits per heavy atom. The Bertz CT molecular complexity index is 1030. The summed E-state index contributed by atoms with van der Waals surface area (Å²) in [6.07, 6.45) is 50.0. The highest BCUT2D eigenvalue weighted by Gasteiger charge is 2.44. The highest BCUT2D eigenvalue weighted by Crippen LogP contribution is 2.55. The summed E-state index contributed by atoms with van der Waals surface area (Å²) in [7, 11) is 0. The molecule has 292 valence electrons. The van der Waals surface area contributed by atoms with Crippen molar-refractivity contribution in [1.82, 2.24) is 4.98 Å². The molecular formula is C47H82N2O2. The lowest BCUT2D eigenvalue weighted by atomic mass is 9.55. The van der Waals surface area contributed by atoms with Crippen LogP contribution < -0.4 is 5.32 Å². The number of carboxylic acid groups (broad SMARTS) is 1. The van der Waals surface area contributed by atoms with Crippen LogP contribution in [0.25, 0.3) is 0 Å². The molecule has 1 aromatic rings. The van der Waals surface area contributed by atoms with Crippen LogP contribution in [0.15, 0.2) is 12.1 Å². The summed E-state index contributed by atoms with van der Waals surface area (Å²) in [5.74, 6) is 1.92. The molecule has 1 spiro atoms. The second kappa shape index (κ2) is 26.2. The number of anilines is 1. The first-order chi connectivity index (χ1) is 25.1. The summed E-state index contributed by atoms with van der Waals surface area (Å²) in [6, 6.07) is 4.64. The molecule has 4 heteroatoms. The Morgan fingerprint density at radius 2 is 1.08 bits per heavy atom. The van der Waals surface area contributed by atoms with Crippen LogP contribution in [-0.2, 0) is 17.6 Å². The van der Waals surface area contributed by atoms with E-state index in [1.165, 1.54) is 223 Å². The van der Waals surface area contributed by atoms with Gasteiger partial charge in [-0.2, -0.15) is 0 Å². The van der Waals surface area contributed by atoms with Crippen molar-refractivity contribution in [1.29, 1.82) is 0 Å². The van der Waals surface area contributed by atoms with E-state index in [1.807, 2.05) is 0 Å². The van der Waals surface area contributed by atoms with Crippen LogP contribution in [0, 0.1) is 17.3 Å². The van der Waals surface area contributed by atoms with Gasteiger partial charge in [-0.05, 0) is 86.7 Å². The maximum absolute atomic E-state index is 11.4. The largest absolute Gasteiger partial charge is 0.481 e.